The van der Waals surface area contributed by atoms with Crippen LogP contribution in [0.5, 0.6) is 0 Å². The normalized spacial score (nSPS) is 10.2. The summed E-state index contributed by atoms with van der Waals surface area (Å²) < 4.78 is 0. The van der Waals surface area contributed by atoms with Crippen LogP contribution in [0.1, 0.15) is 19.2 Å². The molecule has 1 aromatic heterocycles. The summed E-state index contributed by atoms with van der Waals surface area (Å²) in [5, 5.41) is 0. The maximum atomic E-state index is 4.52. The number of aromatic nitrogens is 2. The van der Waals surface area contributed by atoms with E-state index in [1.165, 1.54) is 0 Å². The van der Waals surface area contributed by atoms with Crippen molar-refractivity contribution in [1.29, 1.82) is 0 Å². The van der Waals surface area contributed by atoms with Gasteiger partial charge in [0.2, 0.25) is 0 Å². The van der Waals surface area contributed by atoms with E-state index < -0.39 is 0 Å². The highest BCUT2D eigenvalue weighted by Crippen LogP contribution is 2.15. The van der Waals surface area contributed by atoms with Crippen molar-refractivity contribution < 1.29 is 0 Å². The molecule has 0 saturated carbocycles. The lowest BCUT2D eigenvalue weighted by Gasteiger charge is -2.02. The minimum absolute atomic E-state index is 0.929. The molecule has 1 aromatic carbocycles. The van der Waals surface area contributed by atoms with Crippen molar-refractivity contribution in [2.45, 2.75) is 19.8 Å². The predicted molar refractivity (Wildman–Crippen MR) is 61.5 cm³/mol. The maximum absolute atomic E-state index is 4.52. The first-order valence-electron chi connectivity index (χ1n) is 5.27. The van der Waals surface area contributed by atoms with Gasteiger partial charge in [0.05, 0.1) is 5.69 Å². The van der Waals surface area contributed by atoms with E-state index in [4.69, 9.17) is 0 Å². The second-order valence-electron chi connectivity index (χ2n) is 3.47. The molecule has 0 N–H and O–H groups in total. The summed E-state index contributed by atoms with van der Waals surface area (Å²) in [6.45, 7) is 2.14. The lowest BCUT2D eigenvalue weighted by Crippen LogP contribution is -1.95. The van der Waals surface area contributed by atoms with Gasteiger partial charge < -0.3 is 0 Å². The highest BCUT2D eigenvalue weighted by molar-refractivity contribution is 5.58. The Balaban J connectivity index is 2.33. The highest BCUT2D eigenvalue weighted by atomic mass is 14.9. The summed E-state index contributed by atoms with van der Waals surface area (Å²) in [5.74, 6) is 0.929. The van der Waals surface area contributed by atoms with Crippen LogP contribution >= 0.6 is 0 Å². The smallest absolute Gasteiger partial charge is 0.128 e. The van der Waals surface area contributed by atoms with Crippen LogP contribution in [-0.4, -0.2) is 9.97 Å². The molecule has 0 amide bonds. The SMILES string of the molecule is CCCc1nccc(-c2ccccc2)n1. The molecule has 0 spiro atoms. The van der Waals surface area contributed by atoms with Crippen LogP contribution in [0, 0.1) is 0 Å². The van der Waals surface area contributed by atoms with Crippen molar-refractivity contribution in [1.82, 2.24) is 9.97 Å². The number of aryl methyl sites for hydroxylation is 1. The Labute approximate surface area is 90.0 Å². The zero-order valence-electron chi connectivity index (χ0n) is 8.85. The van der Waals surface area contributed by atoms with Gasteiger partial charge in [0, 0.05) is 18.2 Å². The number of hydrogen-bond acceptors (Lipinski definition) is 2. The van der Waals surface area contributed by atoms with Gasteiger partial charge >= 0.3 is 0 Å². The number of nitrogens with zero attached hydrogens (tertiary/aromatic N) is 2. The predicted octanol–water partition coefficient (Wildman–Crippen LogP) is 3.10. The molecule has 76 valence electrons. The van der Waals surface area contributed by atoms with Gasteiger partial charge in [-0.05, 0) is 12.5 Å². The molecule has 0 fully saturated rings. The second kappa shape index (κ2) is 4.69. The fourth-order valence-electron chi connectivity index (χ4n) is 1.51. The molecule has 2 heteroatoms. The molecule has 0 aliphatic heterocycles. The molecule has 0 saturated heterocycles. The van der Waals surface area contributed by atoms with Gasteiger partial charge in [0.25, 0.3) is 0 Å². The topological polar surface area (TPSA) is 25.8 Å². The Morgan fingerprint density at radius 3 is 2.60 bits per heavy atom. The zero-order valence-corrected chi connectivity index (χ0v) is 8.85. The van der Waals surface area contributed by atoms with Crippen molar-refractivity contribution in [3.63, 3.8) is 0 Å². The van der Waals surface area contributed by atoms with Gasteiger partial charge in [-0.15, -0.1) is 0 Å². The van der Waals surface area contributed by atoms with Crippen LogP contribution in [-0.2, 0) is 6.42 Å². The molecule has 0 aliphatic carbocycles. The summed E-state index contributed by atoms with van der Waals surface area (Å²) in [6.07, 6.45) is 3.86. The Hall–Kier alpha value is -1.70. The third-order valence-electron chi connectivity index (χ3n) is 2.25. The molecule has 1 heterocycles. The third-order valence-corrected chi connectivity index (χ3v) is 2.25. The van der Waals surface area contributed by atoms with Gasteiger partial charge in [-0.1, -0.05) is 37.3 Å². The standard InChI is InChI=1S/C13H14N2/c1-2-6-13-14-10-9-12(15-13)11-7-4-3-5-8-11/h3-5,7-10H,2,6H2,1H3. The van der Waals surface area contributed by atoms with Crippen LogP contribution < -0.4 is 0 Å². The first kappa shape index (κ1) is 9.84. The van der Waals surface area contributed by atoms with Crippen LogP contribution in [0.25, 0.3) is 11.3 Å². The molecule has 0 atom stereocenters. The van der Waals surface area contributed by atoms with E-state index in [1.807, 2.05) is 30.5 Å². The molecular formula is C13H14N2. The number of benzene rings is 1. The Kier molecular flexibility index (Phi) is 3.08. The summed E-state index contributed by atoms with van der Waals surface area (Å²) in [5.41, 5.74) is 2.16. The molecule has 15 heavy (non-hydrogen) atoms. The van der Waals surface area contributed by atoms with Crippen molar-refractivity contribution in [2.75, 3.05) is 0 Å². The average Bonchev–Trinajstić information content (AvgIpc) is 2.31. The third kappa shape index (κ3) is 2.40. The second-order valence-corrected chi connectivity index (χ2v) is 3.47. The lowest BCUT2D eigenvalue weighted by atomic mass is 10.1. The van der Waals surface area contributed by atoms with E-state index in [0.29, 0.717) is 0 Å². The minimum atomic E-state index is 0.929. The van der Waals surface area contributed by atoms with Gasteiger partial charge in [0.1, 0.15) is 5.82 Å². The average molecular weight is 198 g/mol. The van der Waals surface area contributed by atoms with E-state index in [1.54, 1.807) is 0 Å². The van der Waals surface area contributed by atoms with Crippen molar-refractivity contribution in [3.8, 4) is 11.3 Å². The van der Waals surface area contributed by atoms with Gasteiger partial charge in [-0.2, -0.15) is 0 Å². The molecule has 2 rings (SSSR count). The fourth-order valence-corrected chi connectivity index (χ4v) is 1.51. The molecule has 0 aliphatic rings. The first-order valence-corrected chi connectivity index (χ1v) is 5.27. The van der Waals surface area contributed by atoms with E-state index >= 15 is 0 Å². The van der Waals surface area contributed by atoms with E-state index in [2.05, 4.69) is 29.0 Å². The van der Waals surface area contributed by atoms with Crippen LogP contribution in [0.2, 0.25) is 0 Å². The van der Waals surface area contributed by atoms with Crippen molar-refractivity contribution in [3.05, 3.63) is 48.4 Å². The maximum Gasteiger partial charge on any atom is 0.128 e. The Morgan fingerprint density at radius 2 is 1.87 bits per heavy atom. The highest BCUT2D eigenvalue weighted by Gasteiger charge is 2.00. The minimum Gasteiger partial charge on any atom is -0.241 e. The zero-order chi connectivity index (χ0) is 10.5. The van der Waals surface area contributed by atoms with Gasteiger partial charge in [-0.25, -0.2) is 9.97 Å². The summed E-state index contributed by atoms with van der Waals surface area (Å²) in [6, 6.07) is 12.1. The van der Waals surface area contributed by atoms with Crippen molar-refractivity contribution >= 4 is 0 Å². The molecule has 0 bridgehead atoms. The molecule has 2 aromatic rings. The number of rotatable bonds is 3. The van der Waals surface area contributed by atoms with Crippen molar-refractivity contribution in [2.24, 2.45) is 0 Å². The molecule has 2 nitrogen and oxygen atoms in total. The van der Waals surface area contributed by atoms with Gasteiger partial charge in [-0.3, -0.25) is 0 Å². The largest absolute Gasteiger partial charge is 0.241 e. The van der Waals surface area contributed by atoms with E-state index in [-0.39, 0.29) is 0 Å². The Bertz CT molecular complexity index is 424. The molecule has 0 radical (unpaired) electrons. The monoisotopic (exact) mass is 198 g/mol. The van der Waals surface area contributed by atoms with E-state index in [0.717, 1.165) is 29.9 Å². The Morgan fingerprint density at radius 1 is 1.07 bits per heavy atom. The lowest BCUT2D eigenvalue weighted by molar-refractivity contribution is 0.836. The van der Waals surface area contributed by atoms with Crippen LogP contribution in [0.3, 0.4) is 0 Å². The quantitative estimate of drug-likeness (QED) is 0.757. The fraction of sp³-hybridized carbons (Fsp3) is 0.231. The summed E-state index contributed by atoms with van der Waals surface area (Å²) >= 11 is 0. The molecular weight excluding hydrogens is 184 g/mol. The van der Waals surface area contributed by atoms with Crippen LogP contribution in [0.15, 0.2) is 42.6 Å². The first-order chi connectivity index (χ1) is 7.40. The van der Waals surface area contributed by atoms with Crippen LogP contribution in [0.4, 0.5) is 0 Å². The van der Waals surface area contributed by atoms with Gasteiger partial charge in [0.15, 0.2) is 0 Å². The number of hydrogen-bond donors (Lipinski definition) is 0. The summed E-state index contributed by atoms with van der Waals surface area (Å²) in [4.78, 5) is 8.77. The summed E-state index contributed by atoms with van der Waals surface area (Å²) in [7, 11) is 0. The van der Waals surface area contributed by atoms with E-state index in [9.17, 15) is 0 Å². The molecule has 0 unspecified atom stereocenters.